The lowest BCUT2D eigenvalue weighted by molar-refractivity contribution is 0.563. The first kappa shape index (κ1) is 7.32. The summed E-state index contributed by atoms with van der Waals surface area (Å²) < 4.78 is 0. The van der Waals surface area contributed by atoms with Gasteiger partial charge >= 0.3 is 0 Å². The van der Waals surface area contributed by atoms with E-state index in [2.05, 4.69) is 20.6 Å². The fraction of sp³-hybridized carbons (Fsp3) is 0. The van der Waals surface area contributed by atoms with Crippen molar-refractivity contribution in [3.8, 4) is 0 Å². The maximum atomic E-state index is 8.35. The third-order valence-electron chi connectivity index (χ3n) is 0.343. The lowest BCUT2D eigenvalue weighted by atomic mass is 11.0. The fourth-order valence-electron chi connectivity index (χ4n) is 0.165. The molecule has 9 heavy (non-hydrogen) atoms. The molecule has 0 spiro atoms. The molecule has 1 rings (SSSR count). The summed E-state index contributed by atoms with van der Waals surface area (Å²) in [6.45, 7) is 0. The molecular weight excluding hydrogens is 122 g/mol. The molecule has 1 aromatic heterocycles. The Labute approximate surface area is 50.4 Å². The van der Waals surface area contributed by atoms with E-state index in [0.29, 0.717) is 0 Å². The molecule has 0 aliphatic heterocycles. The van der Waals surface area contributed by atoms with Gasteiger partial charge in [-0.1, -0.05) is 0 Å². The Morgan fingerprint density at radius 2 is 1.56 bits per heavy atom. The molecule has 0 bridgehead atoms. The summed E-state index contributed by atoms with van der Waals surface area (Å²) >= 11 is 0. The van der Waals surface area contributed by atoms with Gasteiger partial charge in [-0.15, -0.1) is 10.2 Å². The van der Waals surface area contributed by atoms with Gasteiger partial charge in [0.1, 0.15) is 0 Å². The SMILES string of the molecule is N=C=O.c1cnnnn1. The molecule has 0 radical (unpaired) electrons. The highest BCUT2D eigenvalue weighted by Gasteiger charge is 1.61. The van der Waals surface area contributed by atoms with Crippen molar-refractivity contribution in [2.24, 2.45) is 0 Å². The minimum Gasteiger partial charge on any atom is -0.222 e. The van der Waals surface area contributed by atoms with E-state index in [-0.39, 0.29) is 0 Å². The van der Waals surface area contributed by atoms with E-state index in [1.165, 1.54) is 12.4 Å². The molecule has 6 heteroatoms. The smallest absolute Gasteiger partial charge is 0.222 e. The molecule has 0 fully saturated rings. The first-order valence-corrected chi connectivity index (χ1v) is 1.90. The van der Waals surface area contributed by atoms with Crippen LogP contribution in [-0.4, -0.2) is 26.7 Å². The van der Waals surface area contributed by atoms with Crippen molar-refractivity contribution >= 4 is 6.08 Å². The molecule has 46 valence electrons. The monoisotopic (exact) mass is 125 g/mol. The second-order valence-corrected chi connectivity index (χ2v) is 0.810. The van der Waals surface area contributed by atoms with E-state index < -0.39 is 0 Å². The Morgan fingerprint density at radius 3 is 1.67 bits per heavy atom. The molecule has 0 unspecified atom stereocenters. The van der Waals surface area contributed by atoms with Gasteiger partial charge in [-0.05, 0) is 10.4 Å². The van der Waals surface area contributed by atoms with Crippen LogP contribution in [0, 0.1) is 5.41 Å². The predicted octanol–water partition coefficient (Wildman–Crippen LogP) is -0.832. The summed E-state index contributed by atoms with van der Waals surface area (Å²) in [5.74, 6) is 0. The van der Waals surface area contributed by atoms with Crippen LogP contribution in [0.2, 0.25) is 0 Å². The lowest BCUT2D eigenvalue weighted by Gasteiger charge is -1.67. The maximum Gasteiger partial charge on any atom is 0.231 e. The van der Waals surface area contributed by atoms with Crippen LogP contribution in [0.15, 0.2) is 12.4 Å². The van der Waals surface area contributed by atoms with E-state index in [4.69, 9.17) is 10.2 Å². The van der Waals surface area contributed by atoms with Crippen LogP contribution in [0.1, 0.15) is 0 Å². The molecule has 0 atom stereocenters. The van der Waals surface area contributed by atoms with Crippen molar-refractivity contribution in [2.45, 2.75) is 0 Å². The zero-order valence-corrected chi connectivity index (χ0v) is 4.35. The van der Waals surface area contributed by atoms with Crippen LogP contribution in [0.4, 0.5) is 0 Å². The minimum absolute atomic E-state index is 0.750. The van der Waals surface area contributed by atoms with Crippen molar-refractivity contribution < 1.29 is 4.79 Å². The van der Waals surface area contributed by atoms with Crippen LogP contribution in [-0.2, 0) is 4.79 Å². The molecule has 0 aliphatic rings. The Morgan fingerprint density at radius 1 is 1.22 bits per heavy atom. The lowest BCUT2D eigenvalue weighted by Crippen LogP contribution is -1.84. The second kappa shape index (κ2) is 6.32. The highest BCUT2D eigenvalue weighted by Crippen LogP contribution is 1.53. The van der Waals surface area contributed by atoms with Crippen molar-refractivity contribution in [3.05, 3.63) is 12.4 Å². The average molecular weight is 125 g/mol. The molecular formula is C3H3N5O. The fourth-order valence-corrected chi connectivity index (χ4v) is 0.165. The molecule has 1 aromatic rings. The summed E-state index contributed by atoms with van der Waals surface area (Å²) in [5.41, 5.74) is 0. The number of nitrogens with one attached hydrogen (secondary N) is 1. The molecule has 0 saturated heterocycles. The van der Waals surface area contributed by atoms with Gasteiger partial charge in [-0.2, -0.15) is 0 Å². The summed E-state index contributed by atoms with van der Waals surface area (Å²) in [5, 5.41) is 18.5. The Balaban J connectivity index is 0.000000187. The van der Waals surface area contributed by atoms with Gasteiger partial charge in [-0.3, -0.25) is 0 Å². The quantitative estimate of drug-likeness (QED) is 0.360. The van der Waals surface area contributed by atoms with Crippen LogP contribution in [0.5, 0.6) is 0 Å². The zero-order chi connectivity index (χ0) is 6.95. The predicted molar refractivity (Wildman–Crippen MR) is 26.0 cm³/mol. The van der Waals surface area contributed by atoms with Crippen LogP contribution >= 0.6 is 0 Å². The number of hydrogen-bond acceptors (Lipinski definition) is 6. The third kappa shape index (κ3) is 6.32. The van der Waals surface area contributed by atoms with Gasteiger partial charge in [0, 0.05) is 0 Å². The number of carbonyl (C=O) groups excluding carboxylic acids is 1. The molecule has 1 heterocycles. The van der Waals surface area contributed by atoms with E-state index in [9.17, 15) is 0 Å². The maximum absolute atomic E-state index is 8.35. The Kier molecular flexibility index (Phi) is 5.14. The highest BCUT2D eigenvalue weighted by molar-refractivity contribution is 5.26. The van der Waals surface area contributed by atoms with Crippen molar-refractivity contribution in [3.63, 3.8) is 0 Å². The molecule has 1 N–H and O–H groups in total. The summed E-state index contributed by atoms with van der Waals surface area (Å²) in [4.78, 5) is 8.35. The van der Waals surface area contributed by atoms with Gasteiger partial charge < -0.3 is 0 Å². The highest BCUT2D eigenvalue weighted by atomic mass is 16.1. The first-order chi connectivity index (χ1) is 4.41. The first-order valence-electron chi connectivity index (χ1n) is 1.90. The number of isocyanates is 1. The van der Waals surface area contributed by atoms with E-state index in [0.717, 1.165) is 6.08 Å². The van der Waals surface area contributed by atoms with Gasteiger partial charge in [-0.25, -0.2) is 10.2 Å². The van der Waals surface area contributed by atoms with Gasteiger partial charge in [0.2, 0.25) is 6.08 Å². The topological polar surface area (TPSA) is 92.5 Å². The summed E-state index contributed by atoms with van der Waals surface area (Å²) in [6.07, 6.45) is 3.68. The van der Waals surface area contributed by atoms with E-state index in [1.54, 1.807) is 0 Å². The van der Waals surface area contributed by atoms with Crippen LogP contribution in [0.25, 0.3) is 0 Å². The second-order valence-electron chi connectivity index (χ2n) is 0.810. The molecule has 0 saturated carbocycles. The van der Waals surface area contributed by atoms with Gasteiger partial charge in [0.05, 0.1) is 12.4 Å². The number of nitrogens with zero attached hydrogens (tertiary/aromatic N) is 4. The van der Waals surface area contributed by atoms with E-state index >= 15 is 0 Å². The number of aromatic nitrogens is 4. The molecule has 6 nitrogen and oxygen atoms in total. The largest absolute Gasteiger partial charge is 0.231 e. The normalized spacial score (nSPS) is 6.22. The van der Waals surface area contributed by atoms with Crippen molar-refractivity contribution in [2.75, 3.05) is 0 Å². The standard InChI is InChI=1S/C2H2N4.CHNO/c1-2-4-6-5-3-1;2-1-3/h1-2H;2H. The Hall–Kier alpha value is -1.68. The zero-order valence-electron chi connectivity index (χ0n) is 4.35. The average Bonchev–Trinajstić information content (AvgIpc) is 1.93. The van der Waals surface area contributed by atoms with Gasteiger partial charge in [0.25, 0.3) is 0 Å². The third-order valence-corrected chi connectivity index (χ3v) is 0.343. The van der Waals surface area contributed by atoms with Crippen molar-refractivity contribution in [1.29, 1.82) is 5.41 Å². The molecule has 0 aliphatic carbocycles. The Bertz CT molecular complexity index is 142. The summed E-state index contributed by atoms with van der Waals surface area (Å²) in [7, 11) is 0. The van der Waals surface area contributed by atoms with E-state index in [1.807, 2.05) is 0 Å². The molecule has 0 amide bonds. The summed E-state index contributed by atoms with van der Waals surface area (Å²) in [6, 6.07) is 0. The van der Waals surface area contributed by atoms with Crippen LogP contribution in [0.3, 0.4) is 0 Å². The number of rotatable bonds is 0. The van der Waals surface area contributed by atoms with Gasteiger partial charge in [0.15, 0.2) is 0 Å². The number of hydrogen-bond donors (Lipinski definition) is 1. The molecule has 0 aromatic carbocycles. The minimum atomic E-state index is 0.750. The van der Waals surface area contributed by atoms with Crippen molar-refractivity contribution in [1.82, 2.24) is 20.6 Å². The van der Waals surface area contributed by atoms with Crippen LogP contribution < -0.4 is 0 Å².